The summed E-state index contributed by atoms with van der Waals surface area (Å²) in [4.78, 5) is 15.4. The fourth-order valence-electron chi connectivity index (χ4n) is 2.00. The summed E-state index contributed by atoms with van der Waals surface area (Å²) in [5.41, 5.74) is 2.19. The van der Waals surface area contributed by atoms with Gasteiger partial charge < -0.3 is 5.11 Å². The van der Waals surface area contributed by atoms with Gasteiger partial charge in [0.15, 0.2) is 0 Å². The molecule has 1 aliphatic rings. The first kappa shape index (κ1) is 9.78. The highest BCUT2D eigenvalue weighted by Crippen LogP contribution is 2.49. The Bertz CT molecular complexity index is 575. The van der Waals surface area contributed by atoms with Gasteiger partial charge in [0.1, 0.15) is 0 Å². The zero-order chi connectivity index (χ0) is 11.3. The molecule has 0 radical (unpaired) electrons. The molecule has 4 heteroatoms. The van der Waals surface area contributed by atoms with Crippen LogP contribution in [-0.4, -0.2) is 16.1 Å². The second kappa shape index (κ2) is 3.28. The number of para-hydroxylation sites is 1. The van der Waals surface area contributed by atoms with Crippen molar-refractivity contribution in [2.75, 3.05) is 0 Å². The first-order valence-electron chi connectivity index (χ1n) is 5.25. The zero-order valence-corrected chi connectivity index (χ0v) is 9.62. The molecule has 0 saturated heterocycles. The van der Waals surface area contributed by atoms with Gasteiger partial charge in [-0.25, -0.2) is 4.98 Å². The number of carbonyl (C=O) groups is 1. The molecule has 0 bridgehead atoms. The molecule has 1 aliphatic carbocycles. The van der Waals surface area contributed by atoms with E-state index < -0.39 is 5.97 Å². The lowest BCUT2D eigenvalue weighted by molar-refractivity contribution is -0.138. The van der Waals surface area contributed by atoms with Crippen LogP contribution in [0.2, 0.25) is 0 Å². The molecule has 1 saturated carbocycles. The van der Waals surface area contributed by atoms with E-state index in [0.29, 0.717) is 0 Å². The molecule has 2 atom stereocenters. The number of aliphatic carboxylic acids is 1. The minimum absolute atomic E-state index is 0.147. The fourth-order valence-corrected chi connectivity index (χ4v) is 3.23. The summed E-state index contributed by atoms with van der Waals surface area (Å²) < 4.78 is 1.16. The molecule has 2 unspecified atom stereocenters. The number of carboxylic acid groups (broad SMARTS) is 1. The molecular formula is C12H11NO2S. The number of fused-ring (bicyclic) bond motifs is 1. The van der Waals surface area contributed by atoms with Crippen molar-refractivity contribution in [2.45, 2.75) is 19.3 Å². The van der Waals surface area contributed by atoms with Gasteiger partial charge >= 0.3 is 5.97 Å². The summed E-state index contributed by atoms with van der Waals surface area (Å²) in [6.07, 6.45) is 0.744. The van der Waals surface area contributed by atoms with Crippen LogP contribution in [0.4, 0.5) is 0 Å². The fraction of sp³-hybridized carbons (Fsp3) is 0.333. The second-order valence-electron chi connectivity index (χ2n) is 4.26. The second-order valence-corrected chi connectivity index (χ2v) is 5.32. The van der Waals surface area contributed by atoms with Crippen LogP contribution in [-0.2, 0) is 4.79 Å². The Morgan fingerprint density at radius 2 is 2.38 bits per heavy atom. The molecule has 1 aromatic heterocycles. The van der Waals surface area contributed by atoms with Crippen LogP contribution in [0, 0.1) is 12.8 Å². The van der Waals surface area contributed by atoms with Crippen molar-refractivity contribution in [3.8, 4) is 0 Å². The lowest BCUT2D eigenvalue weighted by Gasteiger charge is -1.91. The third-order valence-electron chi connectivity index (χ3n) is 3.06. The van der Waals surface area contributed by atoms with E-state index in [1.165, 1.54) is 0 Å². The summed E-state index contributed by atoms with van der Waals surface area (Å²) >= 11 is 1.63. The van der Waals surface area contributed by atoms with Crippen molar-refractivity contribution >= 4 is 27.5 Å². The van der Waals surface area contributed by atoms with Crippen LogP contribution in [0.5, 0.6) is 0 Å². The van der Waals surface area contributed by atoms with E-state index in [4.69, 9.17) is 5.11 Å². The predicted molar refractivity (Wildman–Crippen MR) is 62.8 cm³/mol. The molecule has 2 aromatic rings. The lowest BCUT2D eigenvalue weighted by Crippen LogP contribution is -1.98. The van der Waals surface area contributed by atoms with E-state index >= 15 is 0 Å². The summed E-state index contributed by atoms with van der Waals surface area (Å²) in [5.74, 6) is -0.754. The van der Waals surface area contributed by atoms with E-state index in [0.717, 1.165) is 27.2 Å². The van der Waals surface area contributed by atoms with Gasteiger partial charge in [0.2, 0.25) is 0 Å². The molecular weight excluding hydrogens is 222 g/mol. The summed E-state index contributed by atoms with van der Waals surface area (Å²) in [6, 6.07) is 6.09. The molecule has 0 amide bonds. The number of nitrogens with zero attached hydrogens (tertiary/aromatic N) is 1. The van der Waals surface area contributed by atoms with Crippen LogP contribution >= 0.6 is 11.3 Å². The van der Waals surface area contributed by atoms with E-state index in [1.807, 2.05) is 25.1 Å². The maximum atomic E-state index is 10.8. The predicted octanol–water partition coefficient (Wildman–Crippen LogP) is 2.79. The van der Waals surface area contributed by atoms with Crippen LogP contribution in [0.25, 0.3) is 10.2 Å². The van der Waals surface area contributed by atoms with Crippen molar-refractivity contribution in [1.29, 1.82) is 0 Å². The Morgan fingerprint density at radius 3 is 3.00 bits per heavy atom. The topological polar surface area (TPSA) is 50.2 Å². The van der Waals surface area contributed by atoms with E-state index in [2.05, 4.69) is 4.98 Å². The Labute approximate surface area is 96.7 Å². The average Bonchev–Trinajstić information content (AvgIpc) is 2.92. The van der Waals surface area contributed by atoms with Crippen molar-refractivity contribution in [3.63, 3.8) is 0 Å². The third kappa shape index (κ3) is 1.41. The molecule has 0 aliphatic heterocycles. The quantitative estimate of drug-likeness (QED) is 0.867. The Morgan fingerprint density at radius 1 is 1.56 bits per heavy atom. The molecule has 16 heavy (non-hydrogen) atoms. The van der Waals surface area contributed by atoms with Gasteiger partial charge in [-0.2, -0.15) is 0 Å². The van der Waals surface area contributed by atoms with Gasteiger partial charge in [-0.05, 0) is 25.0 Å². The summed E-state index contributed by atoms with van der Waals surface area (Å²) in [7, 11) is 0. The van der Waals surface area contributed by atoms with E-state index in [1.54, 1.807) is 11.3 Å². The number of aryl methyl sites for hydroxylation is 1. The van der Waals surface area contributed by atoms with Crippen molar-refractivity contribution in [2.24, 2.45) is 5.92 Å². The minimum Gasteiger partial charge on any atom is -0.481 e. The van der Waals surface area contributed by atoms with Crippen molar-refractivity contribution in [3.05, 3.63) is 28.8 Å². The maximum absolute atomic E-state index is 10.8. The van der Waals surface area contributed by atoms with Gasteiger partial charge in [0.25, 0.3) is 0 Å². The largest absolute Gasteiger partial charge is 0.481 e. The highest BCUT2D eigenvalue weighted by Gasteiger charge is 2.46. The number of hydrogen-bond donors (Lipinski definition) is 1. The normalized spacial score (nSPS) is 23.6. The Hall–Kier alpha value is -1.42. The molecule has 0 spiro atoms. The van der Waals surface area contributed by atoms with Crippen molar-refractivity contribution < 1.29 is 9.90 Å². The third-order valence-corrected chi connectivity index (χ3v) is 4.21. The highest BCUT2D eigenvalue weighted by molar-refractivity contribution is 7.18. The molecule has 3 nitrogen and oxygen atoms in total. The molecule has 3 rings (SSSR count). The lowest BCUT2D eigenvalue weighted by atomic mass is 10.2. The Balaban J connectivity index is 2.01. The zero-order valence-electron chi connectivity index (χ0n) is 8.80. The monoisotopic (exact) mass is 233 g/mol. The van der Waals surface area contributed by atoms with E-state index in [9.17, 15) is 4.79 Å². The standard InChI is InChI=1S/C12H11NO2S/c1-6-3-2-4-9-10(6)13-11(16-9)7-5-8(7)12(14)15/h2-4,7-8H,5H2,1H3,(H,14,15). The summed E-state index contributed by atoms with van der Waals surface area (Å²) in [5, 5.41) is 9.87. The number of hydrogen-bond acceptors (Lipinski definition) is 3. The first-order chi connectivity index (χ1) is 7.66. The smallest absolute Gasteiger partial charge is 0.307 e. The van der Waals surface area contributed by atoms with Crippen LogP contribution in [0.3, 0.4) is 0 Å². The number of aromatic nitrogens is 1. The van der Waals surface area contributed by atoms with E-state index in [-0.39, 0.29) is 11.8 Å². The summed E-state index contributed by atoms with van der Waals surface area (Å²) in [6.45, 7) is 2.04. The number of benzene rings is 1. The maximum Gasteiger partial charge on any atom is 0.307 e. The van der Waals surface area contributed by atoms with Gasteiger partial charge in [-0.15, -0.1) is 11.3 Å². The molecule has 82 valence electrons. The number of thiazole rings is 1. The molecule has 1 heterocycles. The molecule has 1 N–H and O–H groups in total. The number of carboxylic acids is 1. The molecule has 1 fully saturated rings. The van der Waals surface area contributed by atoms with Gasteiger partial charge in [0.05, 0.1) is 21.1 Å². The average molecular weight is 233 g/mol. The van der Waals surface area contributed by atoms with Crippen LogP contribution < -0.4 is 0 Å². The Kier molecular flexibility index (Phi) is 2.01. The van der Waals surface area contributed by atoms with Crippen LogP contribution in [0.15, 0.2) is 18.2 Å². The van der Waals surface area contributed by atoms with Crippen molar-refractivity contribution in [1.82, 2.24) is 4.98 Å². The molecule has 1 aromatic carbocycles. The SMILES string of the molecule is Cc1cccc2sc(C3CC3C(=O)O)nc12. The first-order valence-corrected chi connectivity index (χ1v) is 6.07. The highest BCUT2D eigenvalue weighted by atomic mass is 32.1. The van der Waals surface area contributed by atoms with Gasteiger partial charge in [-0.1, -0.05) is 12.1 Å². The van der Waals surface area contributed by atoms with Gasteiger partial charge in [-0.3, -0.25) is 4.79 Å². The minimum atomic E-state index is -0.694. The van der Waals surface area contributed by atoms with Gasteiger partial charge in [0, 0.05) is 5.92 Å². The van der Waals surface area contributed by atoms with Crippen LogP contribution in [0.1, 0.15) is 22.9 Å². The number of rotatable bonds is 2.